The van der Waals surface area contributed by atoms with Crippen molar-refractivity contribution in [2.75, 3.05) is 0 Å². The molecule has 0 rings (SSSR count). The molecular formula is C3H5NaOS. The molecule has 0 aromatic carbocycles. The van der Waals surface area contributed by atoms with Gasteiger partial charge in [0.1, 0.15) is 6.29 Å². The molecule has 30 valence electrons. The summed E-state index contributed by atoms with van der Waals surface area (Å²) in [5.74, 6) is 0. The summed E-state index contributed by atoms with van der Waals surface area (Å²) in [6.45, 7) is 0. The minimum absolute atomic E-state index is 0. The van der Waals surface area contributed by atoms with Gasteiger partial charge < -0.3 is 6.22 Å². The predicted octanol–water partition coefficient (Wildman–Crippen LogP) is -2.31. The second-order valence-corrected chi connectivity index (χ2v) is 0.902. The molecular weight excluding hydrogens is 107 g/mol. The van der Waals surface area contributed by atoms with Gasteiger partial charge in [0.15, 0.2) is 0 Å². The molecule has 0 heterocycles. The molecule has 0 fully saturated rings. The normalized spacial score (nSPS) is 5.33. The number of carbonyl (C=O) groups excluding carboxylic acids is 1. The first-order valence-corrected chi connectivity index (χ1v) is 1.76. The van der Waals surface area contributed by atoms with Crippen LogP contribution in [0.25, 0.3) is 0 Å². The van der Waals surface area contributed by atoms with Gasteiger partial charge in [-0.2, -0.15) is 0 Å². The van der Waals surface area contributed by atoms with Gasteiger partial charge in [-0.25, -0.2) is 0 Å². The molecule has 0 saturated carbocycles. The van der Waals surface area contributed by atoms with E-state index in [9.17, 15) is 4.79 Å². The van der Waals surface area contributed by atoms with Crippen LogP contribution < -0.4 is 29.6 Å². The second-order valence-electron chi connectivity index (χ2n) is 0.569. The van der Waals surface area contributed by atoms with Crippen LogP contribution in [-0.4, -0.2) is 11.7 Å². The van der Waals surface area contributed by atoms with E-state index < -0.39 is 0 Å². The van der Waals surface area contributed by atoms with E-state index in [-0.39, 0.29) is 31.0 Å². The van der Waals surface area contributed by atoms with Crippen LogP contribution in [0.15, 0.2) is 0 Å². The molecule has 3 heteroatoms. The van der Waals surface area contributed by atoms with Crippen LogP contribution in [0.4, 0.5) is 0 Å². The van der Waals surface area contributed by atoms with Crippen LogP contribution in [0.5, 0.6) is 0 Å². The number of aldehydes is 1. The Morgan fingerprint density at radius 1 is 1.83 bits per heavy atom. The van der Waals surface area contributed by atoms with Gasteiger partial charge in [0.2, 0.25) is 0 Å². The Kier molecular flexibility index (Phi) is 15.2. The first-order chi connectivity index (χ1) is 2.41. The minimum Gasteiger partial charge on any atom is -1.00 e. The average molecular weight is 112 g/mol. The van der Waals surface area contributed by atoms with Crippen LogP contribution in [0.3, 0.4) is 0 Å². The maximum absolute atomic E-state index is 9.31. The molecule has 6 heavy (non-hydrogen) atoms. The Balaban J connectivity index is -0.0000000800. The zero-order chi connectivity index (χ0) is 4.12. The largest absolute Gasteiger partial charge is 1.00 e. The van der Waals surface area contributed by atoms with E-state index >= 15 is 0 Å². The Morgan fingerprint density at radius 3 is 2.33 bits per heavy atom. The fourth-order valence-electron chi connectivity index (χ4n) is 0.0393. The fourth-order valence-corrected chi connectivity index (χ4v) is 0.118. The van der Waals surface area contributed by atoms with E-state index in [1.54, 1.807) is 0 Å². The van der Waals surface area contributed by atoms with Crippen LogP contribution >= 0.6 is 12.2 Å². The van der Waals surface area contributed by atoms with Crippen molar-refractivity contribution in [3.63, 3.8) is 0 Å². The van der Waals surface area contributed by atoms with E-state index in [1.807, 2.05) is 0 Å². The van der Waals surface area contributed by atoms with Gasteiger partial charge in [0, 0.05) is 6.42 Å². The van der Waals surface area contributed by atoms with Crippen LogP contribution in [0.1, 0.15) is 7.85 Å². The topological polar surface area (TPSA) is 17.1 Å². The predicted molar refractivity (Wildman–Crippen MR) is 25.4 cm³/mol. The maximum Gasteiger partial charge on any atom is 1.00 e. The minimum atomic E-state index is 0. The number of rotatable bonds is 2. The Hall–Kier alpha value is 0.760. The molecule has 0 bridgehead atoms. The summed E-state index contributed by atoms with van der Waals surface area (Å²) in [5.41, 5.74) is 0. The van der Waals surface area contributed by atoms with Gasteiger partial charge in [0.05, 0.1) is 0 Å². The SMILES string of the molecule is O=CCC=S.[H-].[Na+]. The van der Waals surface area contributed by atoms with E-state index in [0.717, 1.165) is 6.29 Å². The summed E-state index contributed by atoms with van der Waals surface area (Å²) in [5, 5.41) is 1.40. The molecule has 0 atom stereocenters. The van der Waals surface area contributed by atoms with Crippen molar-refractivity contribution in [1.29, 1.82) is 0 Å². The van der Waals surface area contributed by atoms with Gasteiger partial charge in [-0.1, -0.05) is 12.2 Å². The molecule has 0 N–H and O–H groups in total. The van der Waals surface area contributed by atoms with Crippen molar-refractivity contribution >= 4 is 23.9 Å². The van der Waals surface area contributed by atoms with Gasteiger partial charge >= 0.3 is 29.6 Å². The fraction of sp³-hybridized carbons (Fsp3) is 0.333. The second kappa shape index (κ2) is 9.23. The van der Waals surface area contributed by atoms with Crippen molar-refractivity contribution in [2.45, 2.75) is 6.42 Å². The number of carbonyl (C=O) groups is 1. The van der Waals surface area contributed by atoms with Crippen LogP contribution in [0.2, 0.25) is 0 Å². The maximum atomic E-state index is 9.31. The van der Waals surface area contributed by atoms with Crippen molar-refractivity contribution < 1.29 is 35.8 Å². The third kappa shape index (κ3) is 8.83. The molecule has 0 aromatic heterocycles. The van der Waals surface area contributed by atoms with Crippen molar-refractivity contribution in [2.24, 2.45) is 0 Å². The Bertz CT molecular complexity index is 44.2. The third-order valence-corrected chi connectivity index (χ3v) is 0.385. The monoisotopic (exact) mass is 112 g/mol. The summed E-state index contributed by atoms with van der Waals surface area (Å²) in [4.78, 5) is 9.31. The van der Waals surface area contributed by atoms with Gasteiger partial charge in [0.25, 0.3) is 0 Å². The first-order valence-electron chi connectivity index (χ1n) is 1.29. The van der Waals surface area contributed by atoms with E-state index in [2.05, 4.69) is 12.2 Å². The van der Waals surface area contributed by atoms with Crippen molar-refractivity contribution in [3.05, 3.63) is 0 Å². The molecule has 0 amide bonds. The first kappa shape index (κ1) is 9.90. The Labute approximate surface area is 65.9 Å². The summed E-state index contributed by atoms with van der Waals surface area (Å²) in [7, 11) is 0. The standard InChI is InChI=1S/C3H4OS.Na.H/c4-2-1-3-5;;/h2-3H,1H2;;/q;+1;-1. The summed E-state index contributed by atoms with van der Waals surface area (Å²) in [6, 6.07) is 0. The zero-order valence-corrected chi connectivity index (χ0v) is 6.49. The van der Waals surface area contributed by atoms with Gasteiger partial charge in [-0.3, -0.25) is 0 Å². The zero-order valence-electron chi connectivity index (χ0n) is 4.68. The van der Waals surface area contributed by atoms with Gasteiger partial charge in [-0.15, -0.1) is 0 Å². The number of hydrogen-bond donors (Lipinski definition) is 0. The molecule has 0 aliphatic heterocycles. The van der Waals surface area contributed by atoms with E-state index in [1.165, 1.54) is 5.37 Å². The molecule has 0 unspecified atom stereocenters. The molecule has 0 aliphatic rings. The average Bonchev–Trinajstić information content (AvgIpc) is 1.41. The molecule has 0 aromatic rings. The van der Waals surface area contributed by atoms with Crippen LogP contribution in [0, 0.1) is 0 Å². The third-order valence-electron chi connectivity index (χ3n) is 0.192. The van der Waals surface area contributed by atoms with Gasteiger partial charge in [-0.05, 0) is 5.37 Å². The quantitative estimate of drug-likeness (QED) is 0.227. The van der Waals surface area contributed by atoms with E-state index in [0.29, 0.717) is 6.42 Å². The molecule has 1 nitrogen and oxygen atoms in total. The number of hydrogen-bond acceptors (Lipinski definition) is 2. The summed E-state index contributed by atoms with van der Waals surface area (Å²) >= 11 is 4.29. The summed E-state index contributed by atoms with van der Waals surface area (Å²) in [6.07, 6.45) is 1.17. The molecule has 0 radical (unpaired) electrons. The van der Waals surface area contributed by atoms with Crippen LogP contribution in [-0.2, 0) is 4.79 Å². The Morgan fingerprint density at radius 2 is 2.33 bits per heavy atom. The summed E-state index contributed by atoms with van der Waals surface area (Å²) < 4.78 is 0. The van der Waals surface area contributed by atoms with Crippen molar-refractivity contribution in [3.8, 4) is 0 Å². The molecule has 0 aliphatic carbocycles. The van der Waals surface area contributed by atoms with Crippen molar-refractivity contribution in [1.82, 2.24) is 0 Å². The molecule has 0 spiro atoms. The van der Waals surface area contributed by atoms with E-state index in [4.69, 9.17) is 0 Å². The number of thiocarbonyl (C=S) groups is 1. The smallest absolute Gasteiger partial charge is 1.00 e. The molecule has 0 saturated heterocycles.